The van der Waals surface area contributed by atoms with Crippen LogP contribution >= 0.6 is 0 Å². The number of nitrogens with zero attached hydrogens (tertiary/aromatic N) is 7. The van der Waals surface area contributed by atoms with Crippen molar-refractivity contribution in [2.45, 2.75) is 64.6 Å². The summed E-state index contributed by atoms with van der Waals surface area (Å²) in [5, 5.41) is 12.9. The van der Waals surface area contributed by atoms with Gasteiger partial charge in [0.05, 0.1) is 6.04 Å². The van der Waals surface area contributed by atoms with E-state index < -0.39 is 0 Å². The second-order valence-corrected chi connectivity index (χ2v) is 9.05. The highest BCUT2D eigenvalue weighted by atomic mass is 15.6. The standard InChI is InChI=1S/C25H33N7.CH4/c1-3-8-21(9-4-1)13-15-32-25(27-28-29-32)24(22-10-7-14-26-20-22)31-18-16-30(17-19-31)23-11-5-2-6-12-23;/h1,3-4,7-10,14,20,23-24H,2,5-6,11-13,15-19H2;1H4/i;1D. The molecule has 3 heterocycles. The van der Waals surface area contributed by atoms with Crippen molar-refractivity contribution in [3.05, 3.63) is 71.8 Å². The smallest absolute Gasteiger partial charge is 0.173 e. The minimum atomic E-state index is 0.0305. The summed E-state index contributed by atoms with van der Waals surface area (Å²) < 4.78 is 7.73. The molecule has 1 atom stereocenters. The van der Waals surface area contributed by atoms with Crippen LogP contribution in [0.2, 0.25) is 0 Å². The Kier molecular flexibility index (Phi) is 7.71. The highest BCUT2D eigenvalue weighted by Gasteiger charge is 2.32. The molecule has 1 saturated heterocycles. The first-order chi connectivity index (χ1) is 16.9. The van der Waals surface area contributed by atoms with Crippen LogP contribution in [-0.4, -0.2) is 67.2 Å². The Morgan fingerprint density at radius 3 is 2.48 bits per heavy atom. The molecule has 1 aromatic carbocycles. The van der Waals surface area contributed by atoms with Crippen molar-refractivity contribution in [2.75, 3.05) is 26.2 Å². The number of tetrazole rings is 1. The maximum Gasteiger partial charge on any atom is 0.173 e. The topological polar surface area (TPSA) is 63.0 Å². The third-order valence-electron chi connectivity index (χ3n) is 7.06. The highest BCUT2D eigenvalue weighted by Crippen LogP contribution is 2.30. The first-order valence-corrected chi connectivity index (χ1v) is 12.1. The summed E-state index contributed by atoms with van der Waals surface area (Å²) in [5.41, 5.74) is 2.46. The van der Waals surface area contributed by atoms with Crippen LogP contribution in [-0.2, 0) is 13.0 Å². The van der Waals surface area contributed by atoms with Crippen molar-refractivity contribution >= 4 is 0 Å². The maximum atomic E-state index is 5.75. The van der Waals surface area contributed by atoms with Gasteiger partial charge in [-0.05, 0) is 46.9 Å². The third-order valence-corrected chi connectivity index (χ3v) is 7.06. The molecule has 2 aliphatic rings. The van der Waals surface area contributed by atoms with Gasteiger partial charge in [-0.25, -0.2) is 4.68 Å². The fourth-order valence-corrected chi connectivity index (χ4v) is 5.31. The molecule has 33 heavy (non-hydrogen) atoms. The first-order valence-electron chi connectivity index (χ1n) is 13.1. The molecule has 5 rings (SSSR count). The molecule has 0 spiro atoms. The number of aryl methyl sites for hydroxylation is 2. The summed E-state index contributed by atoms with van der Waals surface area (Å²) >= 11 is 0. The monoisotopic (exact) mass is 448 g/mol. The molecule has 7 heteroatoms. The van der Waals surface area contributed by atoms with Gasteiger partial charge in [0.1, 0.15) is 0 Å². The van der Waals surface area contributed by atoms with Gasteiger partial charge in [0, 0.05) is 52.5 Å². The van der Waals surface area contributed by atoms with Crippen molar-refractivity contribution < 1.29 is 1.37 Å². The zero-order valence-electron chi connectivity index (χ0n) is 20.8. The summed E-state index contributed by atoms with van der Waals surface area (Å²) in [6.45, 7) is 5.06. The lowest BCUT2D eigenvalue weighted by Gasteiger charge is -2.43. The zero-order chi connectivity index (χ0) is 23.6. The second kappa shape index (κ2) is 11.5. The molecular formula is C26H37N7. The molecule has 1 saturated carbocycles. The third kappa shape index (κ3) is 5.65. The largest absolute Gasteiger partial charge is 0.298 e. The van der Waals surface area contributed by atoms with Gasteiger partial charge in [-0.1, -0.05) is 63.1 Å². The quantitative estimate of drug-likeness (QED) is 0.545. The van der Waals surface area contributed by atoms with Crippen LogP contribution in [0.1, 0.15) is 63.9 Å². The predicted molar refractivity (Wildman–Crippen MR) is 131 cm³/mol. The predicted octanol–water partition coefficient (Wildman–Crippen LogP) is 3.99. The number of benzene rings is 1. The molecule has 2 aromatic heterocycles. The van der Waals surface area contributed by atoms with Crippen molar-refractivity contribution in [3.8, 4) is 0 Å². The molecule has 1 aliphatic carbocycles. The lowest BCUT2D eigenvalue weighted by Crippen LogP contribution is -2.52. The Labute approximate surface area is 199 Å². The summed E-state index contributed by atoms with van der Waals surface area (Å²) in [5.74, 6) is 0.917. The van der Waals surface area contributed by atoms with Crippen LogP contribution in [0.15, 0.2) is 54.9 Å². The summed E-state index contributed by atoms with van der Waals surface area (Å²) in [6, 6.07) is 15.5. The van der Waals surface area contributed by atoms with E-state index in [0.29, 0.717) is 0 Å². The van der Waals surface area contributed by atoms with Gasteiger partial charge in [0.25, 0.3) is 0 Å². The SMILES string of the molecule is [2H]C.c1ccc(CCn2nnnc2C(c2cccnc2)N2CCN(C3CCCCC3)CC2)cc1. The molecule has 0 amide bonds. The van der Waals surface area contributed by atoms with Gasteiger partial charge in [0.2, 0.25) is 0 Å². The average molecular weight is 449 g/mol. The maximum absolute atomic E-state index is 5.75. The summed E-state index contributed by atoms with van der Waals surface area (Å²) in [6.07, 6.45) is 11.6. The van der Waals surface area contributed by atoms with E-state index >= 15 is 0 Å². The van der Waals surface area contributed by atoms with Crippen LogP contribution in [0, 0.1) is 0 Å². The van der Waals surface area contributed by atoms with E-state index in [4.69, 9.17) is 1.37 Å². The molecular weight excluding hydrogens is 410 g/mol. The van der Waals surface area contributed by atoms with Crippen LogP contribution in [0.4, 0.5) is 0 Å². The fourth-order valence-electron chi connectivity index (χ4n) is 5.31. The zero-order valence-corrected chi connectivity index (χ0v) is 19.8. The number of hydrogen-bond acceptors (Lipinski definition) is 6. The summed E-state index contributed by atoms with van der Waals surface area (Å²) in [7, 11) is 1.25. The molecule has 2 fully saturated rings. The van der Waals surface area contributed by atoms with Gasteiger partial charge < -0.3 is 0 Å². The molecule has 7 nitrogen and oxygen atoms in total. The van der Waals surface area contributed by atoms with Gasteiger partial charge >= 0.3 is 0 Å². The van der Waals surface area contributed by atoms with Crippen molar-refractivity contribution in [1.82, 2.24) is 35.0 Å². The van der Waals surface area contributed by atoms with E-state index in [0.717, 1.165) is 56.6 Å². The number of piperazine rings is 1. The van der Waals surface area contributed by atoms with Crippen molar-refractivity contribution in [3.63, 3.8) is 0 Å². The van der Waals surface area contributed by atoms with E-state index in [2.05, 4.69) is 66.7 Å². The lowest BCUT2D eigenvalue weighted by molar-refractivity contribution is 0.0619. The van der Waals surface area contributed by atoms with E-state index in [9.17, 15) is 0 Å². The molecule has 176 valence electrons. The van der Waals surface area contributed by atoms with Crippen molar-refractivity contribution in [1.29, 1.82) is 0 Å². The number of hydrogen-bond donors (Lipinski definition) is 0. The van der Waals surface area contributed by atoms with Gasteiger partial charge in [-0.15, -0.1) is 5.10 Å². The van der Waals surface area contributed by atoms with Crippen molar-refractivity contribution in [2.24, 2.45) is 0 Å². The molecule has 1 aliphatic heterocycles. The number of pyridine rings is 1. The lowest BCUT2D eigenvalue weighted by atomic mass is 9.93. The van der Waals surface area contributed by atoms with E-state index in [-0.39, 0.29) is 6.04 Å². The Hall–Kier alpha value is -2.64. The first kappa shape index (κ1) is 22.2. The normalized spacial score (nSPS) is 19.4. The second-order valence-electron chi connectivity index (χ2n) is 9.05. The Balaban J connectivity index is 0.00000133. The van der Waals surface area contributed by atoms with Gasteiger partial charge in [0.15, 0.2) is 5.82 Å². The highest BCUT2D eigenvalue weighted by molar-refractivity contribution is 5.22. The minimum Gasteiger partial charge on any atom is -0.298 e. The molecule has 0 N–H and O–H groups in total. The van der Waals surface area contributed by atoms with Gasteiger partial charge in [-0.3, -0.25) is 14.8 Å². The van der Waals surface area contributed by atoms with E-state index in [1.165, 1.54) is 45.1 Å². The van der Waals surface area contributed by atoms with Crippen LogP contribution in [0.3, 0.4) is 0 Å². The average Bonchev–Trinajstić information content (AvgIpc) is 3.39. The van der Waals surface area contributed by atoms with E-state index in [1.807, 2.05) is 23.1 Å². The summed E-state index contributed by atoms with van der Waals surface area (Å²) in [4.78, 5) is 9.67. The van der Waals surface area contributed by atoms with E-state index in [1.54, 1.807) is 0 Å². The fraction of sp³-hybridized carbons (Fsp3) is 0.538. The van der Waals surface area contributed by atoms with Crippen LogP contribution in [0.5, 0.6) is 0 Å². The molecule has 3 aromatic rings. The Morgan fingerprint density at radius 1 is 0.970 bits per heavy atom. The van der Waals surface area contributed by atoms with Crippen LogP contribution < -0.4 is 0 Å². The van der Waals surface area contributed by atoms with Crippen LogP contribution in [0.25, 0.3) is 0 Å². The molecule has 0 radical (unpaired) electrons. The number of rotatable bonds is 7. The minimum absolute atomic E-state index is 0.0305. The van der Waals surface area contributed by atoms with Gasteiger partial charge in [-0.2, -0.15) is 0 Å². The Morgan fingerprint density at radius 2 is 1.76 bits per heavy atom. The molecule has 1 unspecified atom stereocenters. The molecule has 0 bridgehead atoms. The number of aromatic nitrogens is 5. The Bertz CT molecular complexity index is 952.